The Morgan fingerprint density at radius 3 is 2.33 bits per heavy atom. The summed E-state index contributed by atoms with van der Waals surface area (Å²) in [5.41, 5.74) is 10.8. The number of Topliss-reactive ketones (excluding diaryl/α,β-unsaturated/α-hetero) is 1. The number of nitrogens with two attached hydrogens (primary N) is 2. The fourth-order valence-corrected chi connectivity index (χ4v) is 10.8. The van der Waals surface area contributed by atoms with Crippen molar-refractivity contribution >= 4 is 76.1 Å². The standard InChI is InChI=1S/C15H22N6O5S.C10H15BrO4S.H2O4S/c1-27(3-2-7(16)15(24)25)4-8-10(22)11(23)14(26-8)21-6-20-9-12(17)18-5-19-13(9)21;1-9(2)6-3-4-10(9,5-16(13,14)15)8(12)7(6)11;1-5(2,3)4/h5-8,10-11,14,22-23H,2-4,16H2,1H3,(H2-,17,18,19,24,25);6-7H,3-5H2,1-2H3,(H,13,14,15);(H2,1,2,3,4)/p-1/t7-,8+,10+,11+,14+,27?;6-,7?,10-;/m00./s1. The van der Waals surface area contributed by atoms with Gasteiger partial charge in [-0.2, -0.15) is 8.42 Å². The number of carbonyl (C=O) groups is 2. The highest BCUT2D eigenvalue weighted by Crippen LogP contribution is 2.65. The molecule has 0 aromatic carbocycles. The minimum Gasteiger partial charge on any atom is -0.759 e. The zero-order valence-electron chi connectivity index (χ0n) is 25.9. The summed E-state index contributed by atoms with van der Waals surface area (Å²) in [6.07, 6.45) is 2.71. The highest BCUT2D eigenvalue weighted by Gasteiger charge is 2.69. The molecule has 8 N–H and O–H groups in total. The predicted molar refractivity (Wildman–Crippen MR) is 172 cm³/mol. The predicted octanol–water partition coefficient (Wildman–Crippen LogP) is -1.62. The summed E-state index contributed by atoms with van der Waals surface area (Å²) >= 11 is 3.35. The Morgan fingerprint density at radius 1 is 1.21 bits per heavy atom. The lowest BCUT2D eigenvalue weighted by Crippen LogP contribution is -2.43. The van der Waals surface area contributed by atoms with Crippen molar-refractivity contribution in [2.24, 2.45) is 22.5 Å². The molecule has 2 saturated carbocycles. The summed E-state index contributed by atoms with van der Waals surface area (Å²) in [5, 5.41) is 29.7. The number of anilines is 1. The molecular formula is C25H38BrN6O13S3-. The monoisotopic (exact) mass is 805 g/mol. The van der Waals surface area contributed by atoms with Crippen LogP contribution in [0.5, 0.6) is 0 Å². The second-order valence-electron chi connectivity index (χ2n) is 12.4. The van der Waals surface area contributed by atoms with Gasteiger partial charge in [0.05, 0.1) is 28.6 Å². The fourth-order valence-electron chi connectivity index (χ4n) is 6.45. The Morgan fingerprint density at radius 2 is 1.81 bits per heavy atom. The number of carbonyl (C=O) groups excluding carboxylic acids is 1. The molecule has 48 heavy (non-hydrogen) atoms. The van der Waals surface area contributed by atoms with Crippen molar-refractivity contribution in [3.63, 3.8) is 0 Å². The summed E-state index contributed by atoms with van der Waals surface area (Å²) in [4.78, 5) is 34.8. The number of aliphatic carboxylic acids is 1. The van der Waals surface area contributed by atoms with E-state index in [0.29, 0.717) is 35.5 Å². The number of alkyl halides is 1. The Hall–Kier alpha value is -2.06. The normalized spacial score (nSPS) is 30.7. The lowest BCUT2D eigenvalue weighted by molar-refractivity contribution is -0.138. The molecule has 23 heteroatoms. The first kappa shape index (κ1) is 40.4. The van der Waals surface area contributed by atoms with Crippen LogP contribution in [0.1, 0.15) is 39.3 Å². The van der Waals surface area contributed by atoms with Gasteiger partial charge >= 0.3 is 5.97 Å². The number of fused-ring (bicyclic) bond motifs is 3. The van der Waals surface area contributed by atoms with Gasteiger partial charge in [0.25, 0.3) is 10.1 Å². The van der Waals surface area contributed by atoms with Crippen LogP contribution in [-0.2, 0) is 45.7 Å². The summed E-state index contributed by atoms with van der Waals surface area (Å²) in [6, 6.07) is -0.907. The maximum Gasteiger partial charge on any atom is 0.320 e. The van der Waals surface area contributed by atoms with Gasteiger partial charge in [-0.05, 0) is 35.1 Å². The van der Waals surface area contributed by atoms with Gasteiger partial charge in [-0.1, -0.05) is 29.8 Å². The number of aliphatic hydroxyl groups excluding tert-OH is 2. The van der Waals surface area contributed by atoms with Gasteiger partial charge in [0.2, 0.25) is 0 Å². The van der Waals surface area contributed by atoms with Crippen molar-refractivity contribution in [3.8, 4) is 0 Å². The van der Waals surface area contributed by atoms with E-state index in [2.05, 4.69) is 30.9 Å². The Balaban J connectivity index is 0.000000251. The lowest BCUT2D eigenvalue weighted by atomic mass is 9.70. The molecule has 2 bridgehead atoms. The number of imidazole rings is 1. The smallest absolute Gasteiger partial charge is 0.320 e. The van der Waals surface area contributed by atoms with Gasteiger partial charge < -0.3 is 40.6 Å². The maximum absolute atomic E-state index is 12.2. The topological polar surface area (TPSA) is 334 Å². The van der Waals surface area contributed by atoms with Gasteiger partial charge in [-0.25, -0.2) is 15.0 Å². The van der Waals surface area contributed by atoms with Crippen LogP contribution in [0, 0.1) is 16.7 Å². The average molecular weight is 807 g/mol. The summed E-state index contributed by atoms with van der Waals surface area (Å²) in [7, 11) is -9.52. The Labute approximate surface area is 287 Å². The third-order valence-electron chi connectivity index (χ3n) is 9.09. The number of hydrogen-bond donors (Lipinski definition) is 6. The number of nitrogen functional groups attached to an aromatic ring is 1. The first-order chi connectivity index (χ1) is 21.9. The minimum atomic E-state index is -5.17. The molecule has 2 aliphatic carbocycles. The van der Waals surface area contributed by atoms with E-state index in [1.165, 1.54) is 17.2 Å². The quantitative estimate of drug-likeness (QED) is 0.0718. The van der Waals surface area contributed by atoms with E-state index in [0.717, 1.165) is 6.42 Å². The van der Waals surface area contributed by atoms with Gasteiger partial charge in [0.1, 0.15) is 47.7 Å². The van der Waals surface area contributed by atoms with Gasteiger partial charge in [-0.3, -0.25) is 27.1 Å². The summed E-state index contributed by atoms with van der Waals surface area (Å²) in [6.45, 7) is 3.85. The van der Waals surface area contributed by atoms with Gasteiger partial charge in [-0.15, -0.1) is 0 Å². The zero-order valence-corrected chi connectivity index (χ0v) is 30.0. The molecule has 5 rings (SSSR count). The van der Waals surface area contributed by atoms with Crippen molar-refractivity contribution in [1.82, 2.24) is 19.5 Å². The van der Waals surface area contributed by atoms with Crippen LogP contribution in [0.2, 0.25) is 0 Å². The van der Waals surface area contributed by atoms with Gasteiger partial charge in [0.15, 0.2) is 23.5 Å². The molecule has 2 aromatic heterocycles. The molecule has 3 fully saturated rings. The molecule has 2 unspecified atom stereocenters. The van der Waals surface area contributed by atoms with Crippen LogP contribution in [0.15, 0.2) is 12.7 Å². The number of carboxylic acids is 1. The molecular weight excluding hydrogens is 768 g/mol. The number of rotatable bonds is 9. The van der Waals surface area contributed by atoms with Crippen LogP contribution in [0.4, 0.5) is 5.82 Å². The fraction of sp³-hybridized carbons (Fsp3) is 0.720. The van der Waals surface area contributed by atoms with Crippen molar-refractivity contribution in [2.75, 3.05) is 29.2 Å². The number of ether oxygens (including phenoxy) is 1. The Kier molecular flexibility index (Phi) is 12.7. The Bertz CT molecular complexity index is 1700. The molecule has 1 saturated heterocycles. The maximum atomic E-state index is 12.2. The zero-order chi connectivity index (χ0) is 36.6. The van der Waals surface area contributed by atoms with Crippen molar-refractivity contribution in [1.29, 1.82) is 0 Å². The van der Waals surface area contributed by atoms with E-state index in [4.69, 9.17) is 43.4 Å². The van der Waals surface area contributed by atoms with Crippen LogP contribution in [0.25, 0.3) is 11.2 Å². The van der Waals surface area contributed by atoms with E-state index in [1.807, 2.05) is 20.1 Å². The molecule has 0 amide bonds. The lowest BCUT2D eigenvalue weighted by Gasteiger charge is -2.35. The first-order valence-electron chi connectivity index (χ1n) is 14.2. The SMILES string of the molecule is CC1(C)[C@H]2CC[C@]1(CS(=O)(=O)O)C(=O)C2Br.C[S+](CC[C@H](N)C(=O)O)C[C@H]1O[C@@H](n2cnc3c(N)ncnc32)[C@H](O)[C@@H]1O.O=S(=O)([O-])[O-]. The molecule has 272 valence electrons. The van der Waals surface area contributed by atoms with Gasteiger partial charge in [0, 0.05) is 16.8 Å². The van der Waals surface area contributed by atoms with Crippen molar-refractivity contribution in [3.05, 3.63) is 12.7 Å². The summed E-state index contributed by atoms with van der Waals surface area (Å²) < 4.78 is 72.7. The minimum absolute atomic E-state index is 0.0635. The number of aliphatic hydroxyl groups is 2. The van der Waals surface area contributed by atoms with Crippen LogP contribution in [-0.4, -0.2) is 130 Å². The number of aromatic nitrogens is 4. The molecule has 3 aliphatic rings. The number of halogens is 1. The highest BCUT2D eigenvalue weighted by atomic mass is 79.9. The second kappa shape index (κ2) is 15.0. The third-order valence-corrected chi connectivity index (χ3v) is 12.8. The highest BCUT2D eigenvalue weighted by molar-refractivity contribution is 9.10. The number of ketones is 1. The van der Waals surface area contributed by atoms with Crippen LogP contribution < -0.4 is 11.5 Å². The summed E-state index contributed by atoms with van der Waals surface area (Å²) in [5.74, 6) is -0.0809. The van der Waals surface area contributed by atoms with E-state index in [1.54, 1.807) is 0 Å². The molecule has 0 radical (unpaired) electrons. The van der Waals surface area contributed by atoms with E-state index in [9.17, 15) is 28.2 Å². The third kappa shape index (κ3) is 8.99. The molecule has 9 atom stereocenters. The number of carboxylic acid groups (broad SMARTS) is 1. The van der Waals surface area contributed by atoms with E-state index >= 15 is 0 Å². The van der Waals surface area contributed by atoms with Crippen LogP contribution in [0.3, 0.4) is 0 Å². The van der Waals surface area contributed by atoms with Crippen LogP contribution >= 0.6 is 15.9 Å². The number of hydrogen-bond acceptors (Lipinski definition) is 16. The molecule has 3 heterocycles. The van der Waals surface area contributed by atoms with E-state index in [-0.39, 0.29) is 38.7 Å². The van der Waals surface area contributed by atoms with Crippen molar-refractivity contribution < 1.29 is 60.1 Å². The average Bonchev–Trinajstić information content (AvgIpc) is 3.60. The molecule has 1 aliphatic heterocycles. The molecule has 0 spiro atoms. The number of nitrogens with zero attached hydrogens (tertiary/aromatic N) is 4. The second-order valence-corrected chi connectivity index (χ2v) is 17.9. The molecule has 2 aromatic rings. The van der Waals surface area contributed by atoms with Crippen molar-refractivity contribution in [2.45, 2.75) is 68.5 Å². The van der Waals surface area contributed by atoms with E-state index < -0.39 is 68.2 Å². The largest absolute Gasteiger partial charge is 0.759 e. The molecule has 19 nitrogen and oxygen atoms in total. The first-order valence-corrected chi connectivity index (χ1v) is 20.1.